The van der Waals surface area contributed by atoms with Crippen LogP contribution in [0.4, 0.5) is 0 Å². The second-order valence-electron chi connectivity index (χ2n) is 2.32. The lowest BCUT2D eigenvalue weighted by atomic mass is 10.2. The summed E-state index contributed by atoms with van der Waals surface area (Å²) in [5.74, 6) is 1.01. The van der Waals surface area contributed by atoms with Crippen LogP contribution in [0.25, 0.3) is 0 Å². The fourth-order valence-corrected chi connectivity index (χ4v) is 1.66. The molecule has 0 atom stereocenters. The highest BCUT2D eigenvalue weighted by Crippen LogP contribution is 2.18. The van der Waals surface area contributed by atoms with Crippen LogP contribution in [0.15, 0.2) is 12.3 Å². The van der Waals surface area contributed by atoms with Gasteiger partial charge in [0.1, 0.15) is 5.15 Å². The molecule has 0 spiro atoms. The third kappa shape index (κ3) is 2.11. The number of hydrogen-bond acceptors (Lipinski definition) is 2. The van der Waals surface area contributed by atoms with Gasteiger partial charge in [-0.05, 0) is 30.4 Å². The number of nitrogens with zero attached hydrogens (tertiary/aromatic N) is 1. The molecule has 1 aromatic heterocycles. The molecule has 0 aliphatic heterocycles. The molecule has 0 amide bonds. The molecule has 11 heavy (non-hydrogen) atoms. The topological polar surface area (TPSA) is 12.9 Å². The van der Waals surface area contributed by atoms with E-state index in [2.05, 4.69) is 11.2 Å². The van der Waals surface area contributed by atoms with Gasteiger partial charge in [0.25, 0.3) is 0 Å². The van der Waals surface area contributed by atoms with Crippen molar-refractivity contribution in [2.45, 2.75) is 12.7 Å². The molecule has 0 aliphatic carbocycles. The van der Waals surface area contributed by atoms with Crippen molar-refractivity contribution in [2.75, 3.05) is 6.26 Å². The van der Waals surface area contributed by atoms with Crippen molar-refractivity contribution in [3.8, 4) is 0 Å². The average Bonchev–Trinajstić information content (AvgIpc) is 1.99. The maximum Gasteiger partial charge on any atom is 0.132 e. The fraction of sp³-hybridized carbons (Fsp3) is 0.375. The quantitative estimate of drug-likeness (QED) is 0.661. The Hall–Kier alpha value is -0.210. The van der Waals surface area contributed by atoms with E-state index < -0.39 is 0 Å². The highest BCUT2D eigenvalue weighted by molar-refractivity contribution is 7.97. The van der Waals surface area contributed by atoms with Gasteiger partial charge in [-0.15, -0.1) is 0 Å². The molecule has 1 heterocycles. The molecule has 0 radical (unpaired) electrons. The Labute approximate surface area is 76.2 Å². The molecular weight excluding hydrogens is 178 g/mol. The Bertz CT molecular complexity index is 250. The van der Waals surface area contributed by atoms with E-state index in [4.69, 9.17) is 11.6 Å². The first-order valence-electron chi connectivity index (χ1n) is 3.34. The minimum atomic E-state index is 0.622. The van der Waals surface area contributed by atoms with Crippen molar-refractivity contribution in [3.05, 3.63) is 28.5 Å². The van der Waals surface area contributed by atoms with Gasteiger partial charge in [0.15, 0.2) is 0 Å². The molecule has 0 aliphatic rings. The van der Waals surface area contributed by atoms with Gasteiger partial charge in [-0.25, -0.2) is 4.98 Å². The number of halogens is 1. The number of thioether (sulfide) groups is 1. The maximum absolute atomic E-state index is 5.83. The standard InChI is InChI=1S/C8H10ClNS/c1-6-7(5-11-2)3-4-10-8(6)9/h3-4H,5H2,1-2H3. The van der Waals surface area contributed by atoms with Crippen molar-refractivity contribution in [3.63, 3.8) is 0 Å². The zero-order valence-electron chi connectivity index (χ0n) is 6.60. The Kier molecular flexibility index (Phi) is 3.21. The van der Waals surface area contributed by atoms with Crippen LogP contribution in [0.5, 0.6) is 0 Å². The van der Waals surface area contributed by atoms with E-state index in [1.54, 1.807) is 18.0 Å². The molecule has 1 rings (SSSR count). The van der Waals surface area contributed by atoms with Gasteiger partial charge in [0.05, 0.1) is 0 Å². The van der Waals surface area contributed by atoms with Gasteiger partial charge in [-0.1, -0.05) is 11.6 Å². The minimum Gasteiger partial charge on any atom is -0.244 e. The van der Waals surface area contributed by atoms with Crippen molar-refractivity contribution >= 4 is 23.4 Å². The summed E-state index contributed by atoms with van der Waals surface area (Å²) < 4.78 is 0. The van der Waals surface area contributed by atoms with Gasteiger partial charge >= 0.3 is 0 Å². The lowest BCUT2D eigenvalue weighted by Gasteiger charge is -2.03. The number of pyridine rings is 1. The van der Waals surface area contributed by atoms with E-state index in [9.17, 15) is 0 Å². The smallest absolute Gasteiger partial charge is 0.132 e. The Balaban J connectivity index is 2.96. The lowest BCUT2D eigenvalue weighted by molar-refractivity contribution is 1.20. The van der Waals surface area contributed by atoms with Gasteiger partial charge in [-0.2, -0.15) is 11.8 Å². The number of aromatic nitrogens is 1. The van der Waals surface area contributed by atoms with Crippen LogP contribution in [0, 0.1) is 6.92 Å². The molecule has 60 valence electrons. The summed E-state index contributed by atoms with van der Waals surface area (Å²) >= 11 is 7.62. The summed E-state index contributed by atoms with van der Waals surface area (Å²) in [6.07, 6.45) is 3.83. The Morgan fingerprint density at radius 1 is 1.64 bits per heavy atom. The van der Waals surface area contributed by atoms with E-state index >= 15 is 0 Å². The van der Waals surface area contributed by atoms with Gasteiger partial charge in [-0.3, -0.25) is 0 Å². The van der Waals surface area contributed by atoms with Crippen LogP contribution < -0.4 is 0 Å². The van der Waals surface area contributed by atoms with Crippen LogP contribution in [-0.4, -0.2) is 11.2 Å². The number of hydrogen-bond donors (Lipinski definition) is 0. The third-order valence-electron chi connectivity index (χ3n) is 1.55. The highest BCUT2D eigenvalue weighted by atomic mass is 35.5. The van der Waals surface area contributed by atoms with Crippen molar-refractivity contribution in [1.29, 1.82) is 0 Å². The molecule has 0 saturated heterocycles. The first-order valence-corrected chi connectivity index (χ1v) is 5.12. The highest BCUT2D eigenvalue weighted by Gasteiger charge is 2.00. The van der Waals surface area contributed by atoms with Crippen LogP contribution in [0.3, 0.4) is 0 Å². The summed E-state index contributed by atoms with van der Waals surface area (Å²) in [5.41, 5.74) is 2.38. The van der Waals surface area contributed by atoms with E-state index in [1.165, 1.54) is 5.56 Å². The fourth-order valence-electron chi connectivity index (χ4n) is 0.859. The molecule has 0 aromatic carbocycles. The minimum absolute atomic E-state index is 0.622. The third-order valence-corrected chi connectivity index (χ3v) is 2.54. The molecule has 1 aromatic rings. The Morgan fingerprint density at radius 2 is 2.36 bits per heavy atom. The van der Waals surface area contributed by atoms with E-state index in [0.717, 1.165) is 11.3 Å². The molecule has 0 fully saturated rings. The van der Waals surface area contributed by atoms with E-state index in [1.807, 2.05) is 13.0 Å². The van der Waals surface area contributed by atoms with Crippen LogP contribution in [0.1, 0.15) is 11.1 Å². The van der Waals surface area contributed by atoms with Gasteiger partial charge in [0, 0.05) is 11.9 Å². The molecule has 0 saturated carbocycles. The molecule has 1 nitrogen and oxygen atoms in total. The zero-order valence-corrected chi connectivity index (χ0v) is 8.17. The van der Waals surface area contributed by atoms with Crippen LogP contribution in [0.2, 0.25) is 5.15 Å². The van der Waals surface area contributed by atoms with Gasteiger partial charge in [0.2, 0.25) is 0 Å². The second-order valence-corrected chi connectivity index (χ2v) is 3.54. The predicted molar refractivity (Wildman–Crippen MR) is 51.2 cm³/mol. The van der Waals surface area contributed by atoms with E-state index in [0.29, 0.717) is 5.15 Å². The molecule has 0 N–H and O–H groups in total. The second kappa shape index (κ2) is 3.98. The predicted octanol–water partition coefficient (Wildman–Crippen LogP) is 2.91. The van der Waals surface area contributed by atoms with Crippen molar-refractivity contribution in [2.24, 2.45) is 0 Å². The zero-order chi connectivity index (χ0) is 8.27. The first kappa shape index (κ1) is 8.88. The summed E-state index contributed by atoms with van der Waals surface area (Å²) in [7, 11) is 0. The maximum atomic E-state index is 5.83. The average molecular weight is 188 g/mol. The SMILES string of the molecule is CSCc1ccnc(Cl)c1C. The molecule has 0 bridgehead atoms. The van der Waals surface area contributed by atoms with Crippen molar-refractivity contribution < 1.29 is 0 Å². The largest absolute Gasteiger partial charge is 0.244 e. The van der Waals surface area contributed by atoms with Crippen molar-refractivity contribution in [1.82, 2.24) is 4.98 Å². The monoisotopic (exact) mass is 187 g/mol. The normalized spacial score (nSPS) is 10.1. The summed E-state index contributed by atoms with van der Waals surface area (Å²) in [6.45, 7) is 2.00. The Morgan fingerprint density at radius 3 is 3.00 bits per heavy atom. The lowest BCUT2D eigenvalue weighted by Crippen LogP contribution is -1.88. The van der Waals surface area contributed by atoms with Crippen LogP contribution in [-0.2, 0) is 5.75 Å². The molecular formula is C8H10ClNS. The molecule has 3 heteroatoms. The summed E-state index contributed by atoms with van der Waals surface area (Å²) in [6, 6.07) is 2.01. The van der Waals surface area contributed by atoms with Gasteiger partial charge < -0.3 is 0 Å². The van der Waals surface area contributed by atoms with Crippen LogP contribution >= 0.6 is 23.4 Å². The summed E-state index contributed by atoms with van der Waals surface area (Å²) in [4.78, 5) is 3.98. The molecule has 0 unspecified atom stereocenters. The number of rotatable bonds is 2. The van der Waals surface area contributed by atoms with E-state index in [-0.39, 0.29) is 0 Å². The first-order chi connectivity index (χ1) is 5.25. The summed E-state index contributed by atoms with van der Waals surface area (Å²) in [5, 5.41) is 0.622.